The van der Waals surface area contributed by atoms with Gasteiger partial charge in [-0.3, -0.25) is 4.90 Å². The molecule has 0 amide bonds. The number of anilines is 1. The van der Waals surface area contributed by atoms with E-state index in [2.05, 4.69) is 96.0 Å². The van der Waals surface area contributed by atoms with Crippen molar-refractivity contribution in [1.82, 2.24) is 19.9 Å². The number of hydrogen-bond acceptors (Lipinski definition) is 8. The average Bonchev–Trinajstić information content (AvgIpc) is 3.44. The van der Waals surface area contributed by atoms with Crippen molar-refractivity contribution in [3.05, 3.63) is 65.9 Å². The van der Waals surface area contributed by atoms with E-state index in [-0.39, 0.29) is 21.9 Å². The van der Waals surface area contributed by atoms with Crippen molar-refractivity contribution < 1.29 is 18.3 Å². The molecule has 8 nitrogen and oxygen atoms in total. The maximum atomic E-state index is 14.3. The zero-order valence-corrected chi connectivity index (χ0v) is 27.9. The largest absolute Gasteiger partial charge is 0.461 e. The van der Waals surface area contributed by atoms with E-state index in [9.17, 15) is 4.39 Å². The molecule has 1 unspecified atom stereocenters. The molecule has 236 valence electrons. The minimum atomic E-state index is -2.88. The van der Waals surface area contributed by atoms with Crippen LogP contribution >= 0.6 is 11.6 Å². The van der Waals surface area contributed by atoms with Crippen LogP contribution in [-0.4, -0.2) is 91.5 Å². The molecule has 44 heavy (non-hydrogen) atoms. The van der Waals surface area contributed by atoms with Gasteiger partial charge in [0.2, 0.25) is 11.2 Å². The molecule has 0 bridgehead atoms. The van der Waals surface area contributed by atoms with Crippen molar-refractivity contribution in [2.75, 3.05) is 50.9 Å². The Balaban J connectivity index is 1.30. The molecule has 3 aliphatic heterocycles. The van der Waals surface area contributed by atoms with Gasteiger partial charge in [0, 0.05) is 19.5 Å². The Morgan fingerprint density at radius 3 is 2.36 bits per heavy atom. The van der Waals surface area contributed by atoms with Crippen LogP contribution in [0.5, 0.6) is 6.01 Å². The third kappa shape index (κ3) is 6.11. The first-order valence-electron chi connectivity index (χ1n) is 15.6. The van der Waals surface area contributed by atoms with Crippen molar-refractivity contribution in [2.24, 2.45) is 0 Å². The Hall–Kier alpha value is -2.63. The number of rotatable bonds is 8. The smallest absolute Gasteiger partial charge is 0.322 e. The van der Waals surface area contributed by atoms with Crippen molar-refractivity contribution in [2.45, 2.75) is 69.3 Å². The third-order valence-electron chi connectivity index (χ3n) is 9.34. The van der Waals surface area contributed by atoms with Crippen LogP contribution in [0.4, 0.5) is 10.3 Å². The fraction of sp³-hybridized carbons (Fsp3) is 0.545. The van der Waals surface area contributed by atoms with Crippen molar-refractivity contribution in [3.63, 3.8) is 0 Å². The van der Waals surface area contributed by atoms with Crippen molar-refractivity contribution >= 4 is 36.2 Å². The number of aromatic nitrogens is 3. The summed E-state index contributed by atoms with van der Waals surface area (Å²) in [5, 5.41) is 2.27. The van der Waals surface area contributed by atoms with E-state index in [1.54, 1.807) is 0 Å². The second-order valence-electron chi connectivity index (χ2n) is 13.7. The minimum absolute atomic E-state index is 0.0559. The van der Waals surface area contributed by atoms with E-state index in [0.29, 0.717) is 51.8 Å². The fourth-order valence-electron chi connectivity index (χ4n) is 7.42. The summed E-state index contributed by atoms with van der Waals surface area (Å²) in [6, 6.07) is 21.4. The van der Waals surface area contributed by atoms with Gasteiger partial charge in [0.1, 0.15) is 12.8 Å². The predicted molar refractivity (Wildman–Crippen MR) is 174 cm³/mol. The molecule has 0 spiro atoms. The molecule has 0 aliphatic carbocycles. The van der Waals surface area contributed by atoms with Gasteiger partial charge in [-0.05, 0) is 53.3 Å². The Morgan fingerprint density at radius 1 is 1.02 bits per heavy atom. The second-order valence-corrected chi connectivity index (χ2v) is 18.3. The highest BCUT2D eigenvalue weighted by Gasteiger charge is 2.54. The Bertz CT molecular complexity index is 1390. The Morgan fingerprint density at radius 2 is 1.70 bits per heavy atom. The normalized spacial score (nSPS) is 26.4. The van der Waals surface area contributed by atoms with E-state index >= 15 is 0 Å². The zero-order chi connectivity index (χ0) is 31.0. The molecule has 3 aliphatic rings. The van der Waals surface area contributed by atoms with Crippen LogP contribution in [0.2, 0.25) is 10.3 Å². The standard InChI is InChI=1S/C33H43ClFN5O3Si/c1-31(2,3)44(26-12-7-5-8-13-26,27-14-9-6-10-15-27)43-32(4)22-39(18-19-41-23-32)29-36-28(34)37-30(38-29)42-24-33-16-11-17-40(33)21-25(35)20-33/h5-10,12-15,25H,11,16-24H2,1-4H3/t25-,32?,33+/m1/s1. The number of alkyl halides is 1. The SMILES string of the molecule is CC1(O[Si](c2ccccc2)(c2ccccc2)C(C)(C)C)COCCN(c2nc(Cl)nc(OC[C@@]34CCCN3C[C@H](F)C4)n2)C1. The summed E-state index contributed by atoms with van der Waals surface area (Å²) in [5.41, 5.74) is -1.01. The summed E-state index contributed by atoms with van der Waals surface area (Å²) in [4.78, 5) is 17.7. The second kappa shape index (κ2) is 12.3. The molecule has 3 atom stereocenters. The fourth-order valence-corrected chi connectivity index (χ4v) is 12.4. The van der Waals surface area contributed by atoms with Gasteiger partial charge in [0.05, 0.1) is 30.9 Å². The molecule has 0 radical (unpaired) electrons. The number of ether oxygens (including phenoxy) is 2. The lowest BCUT2D eigenvalue weighted by atomic mass is 9.95. The summed E-state index contributed by atoms with van der Waals surface area (Å²) in [6.45, 7) is 12.6. The monoisotopic (exact) mass is 639 g/mol. The number of benzene rings is 2. The lowest BCUT2D eigenvalue weighted by Crippen LogP contribution is -2.70. The molecule has 0 saturated carbocycles. The molecule has 3 saturated heterocycles. The lowest BCUT2D eigenvalue weighted by molar-refractivity contribution is -0.000400. The maximum absolute atomic E-state index is 14.3. The van der Waals surface area contributed by atoms with Crippen LogP contribution in [0.25, 0.3) is 0 Å². The van der Waals surface area contributed by atoms with Crippen LogP contribution < -0.4 is 20.0 Å². The number of fused-ring (bicyclic) bond motifs is 1. The first kappa shape index (κ1) is 31.4. The quantitative estimate of drug-likeness (QED) is 0.330. The highest BCUT2D eigenvalue weighted by atomic mass is 35.5. The van der Waals surface area contributed by atoms with Gasteiger partial charge in [-0.25, -0.2) is 4.39 Å². The van der Waals surface area contributed by atoms with Crippen LogP contribution in [0, 0.1) is 0 Å². The first-order chi connectivity index (χ1) is 21.0. The Kier molecular flexibility index (Phi) is 8.75. The van der Waals surface area contributed by atoms with Crippen molar-refractivity contribution in [3.8, 4) is 6.01 Å². The summed E-state index contributed by atoms with van der Waals surface area (Å²) in [7, 11) is -2.88. The lowest BCUT2D eigenvalue weighted by Gasteiger charge is -2.48. The highest BCUT2D eigenvalue weighted by molar-refractivity contribution is 6.99. The molecule has 1 aromatic heterocycles. The van der Waals surface area contributed by atoms with E-state index in [1.807, 2.05) is 12.1 Å². The third-order valence-corrected chi connectivity index (χ3v) is 14.7. The van der Waals surface area contributed by atoms with Gasteiger partial charge in [0.15, 0.2) is 0 Å². The summed E-state index contributed by atoms with van der Waals surface area (Å²) in [6.07, 6.45) is 1.58. The number of halogens is 2. The summed E-state index contributed by atoms with van der Waals surface area (Å²) >= 11 is 6.44. The Labute approximate surface area is 266 Å². The highest BCUT2D eigenvalue weighted by Crippen LogP contribution is 2.41. The van der Waals surface area contributed by atoms with Crippen molar-refractivity contribution in [1.29, 1.82) is 0 Å². The molecule has 6 rings (SSSR count). The van der Waals surface area contributed by atoms with Gasteiger partial charge < -0.3 is 18.8 Å². The van der Waals surface area contributed by atoms with E-state index in [0.717, 1.165) is 19.4 Å². The average molecular weight is 640 g/mol. The van der Waals surface area contributed by atoms with Gasteiger partial charge >= 0.3 is 6.01 Å². The van der Waals surface area contributed by atoms with Crippen LogP contribution in [0.15, 0.2) is 60.7 Å². The predicted octanol–water partition coefficient (Wildman–Crippen LogP) is 4.65. The first-order valence-corrected chi connectivity index (χ1v) is 17.9. The van der Waals surface area contributed by atoms with Gasteiger partial charge in [-0.15, -0.1) is 0 Å². The molecular weight excluding hydrogens is 597 g/mol. The van der Waals surface area contributed by atoms with Crippen LogP contribution in [0.3, 0.4) is 0 Å². The summed E-state index contributed by atoms with van der Waals surface area (Å²) < 4.78 is 34.2. The molecule has 3 aromatic rings. The molecule has 3 fully saturated rings. The molecule has 4 heterocycles. The number of hydrogen-bond donors (Lipinski definition) is 0. The summed E-state index contributed by atoms with van der Waals surface area (Å²) in [5.74, 6) is 0.415. The van der Waals surface area contributed by atoms with Gasteiger partial charge in [-0.2, -0.15) is 15.0 Å². The zero-order valence-electron chi connectivity index (χ0n) is 26.1. The molecule has 2 aromatic carbocycles. The van der Waals surface area contributed by atoms with Gasteiger partial charge in [0.25, 0.3) is 8.32 Å². The van der Waals surface area contributed by atoms with E-state index in [1.165, 1.54) is 10.4 Å². The minimum Gasteiger partial charge on any atom is -0.461 e. The van der Waals surface area contributed by atoms with E-state index < -0.39 is 20.1 Å². The number of nitrogens with zero attached hydrogens (tertiary/aromatic N) is 5. The topological polar surface area (TPSA) is 72.8 Å². The molecular formula is C33H43ClFN5O3Si. The maximum Gasteiger partial charge on any atom is 0.322 e. The van der Waals surface area contributed by atoms with Gasteiger partial charge in [-0.1, -0.05) is 81.4 Å². The van der Waals surface area contributed by atoms with E-state index in [4.69, 9.17) is 30.5 Å². The molecule has 11 heteroatoms. The van der Waals surface area contributed by atoms with Crippen LogP contribution in [-0.2, 0) is 9.16 Å². The van der Waals surface area contributed by atoms with Crippen LogP contribution in [0.1, 0.15) is 47.0 Å². The molecule has 0 N–H and O–H groups in total.